The van der Waals surface area contributed by atoms with Crippen molar-refractivity contribution in [2.45, 2.75) is 51.5 Å². The summed E-state index contributed by atoms with van der Waals surface area (Å²) in [4.78, 5) is 11.3. The zero-order valence-electron chi connectivity index (χ0n) is 9.57. The maximum absolute atomic E-state index is 11.9. The maximum atomic E-state index is 11.9. The van der Waals surface area contributed by atoms with E-state index in [1.54, 1.807) is 13.8 Å². The third-order valence-corrected chi connectivity index (χ3v) is 5.58. The van der Waals surface area contributed by atoms with Crippen molar-refractivity contribution in [1.82, 2.24) is 0 Å². The van der Waals surface area contributed by atoms with E-state index in [1.165, 1.54) is 6.92 Å². The lowest BCUT2D eigenvalue weighted by molar-refractivity contribution is -0.118. The first kappa shape index (κ1) is 13.6. The van der Waals surface area contributed by atoms with Gasteiger partial charge in [-0.2, -0.15) is 0 Å². The molecule has 0 aromatic carbocycles. The van der Waals surface area contributed by atoms with Gasteiger partial charge in [-0.25, -0.2) is 8.42 Å². The highest BCUT2D eigenvalue weighted by Gasteiger charge is 2.33. The average molecular weight is 220 g/mol. The molecule has 3 nitrogen and oxygen atoms in total. The molecule has 0 aliphatic carbocycles. The Hall–Kier alpha value is -0.380. The van der Waals surface area contributed by atoms with Crippen molar-refractivity contribution >= 4 is 15.6 Å². The summed E-state index contributed by atoms with van der Waals surface area (Å²) >= 11 is 0. The van der Waals surface area contributed by atoms with Crippen LogP contribution in [-0.2, 0) is 14.6 Å². The fourth-order valence-corrected chi connectivity index (χ4v) is 3.11. The van der Waals surface area contributed by atoms with E-state index in [0.29, 0.717) is 0 Å². The van der Waals surface area contributed by atoms with Gasteiger partial charge in [0, 0.05) is 6.42 Å². The monoisotopic (exact) mass is 220 g/mol. The van der Waals surface area contributed by atoms with Gasteiger partial charge in [0.1, 0.15) is 11.0 Å². The first-order valence-corrected chi connectivity index (χ1v) is 6.61. The molecule has 84 valence electrons. The van der Waals surface area contributed by atoms with E-state index >= 15 is 0 Å². The fourth-order valence-electron chi connectivity index (χ4n) is 1.17. The molecule has 0 aromatic rings. The molecular formula is C10H20O3S. The number of hydrogen-bond donors (Lipinski definition) is 0. The van der Waals surface area contributed by atoms with Crippen LogP contribution < -0.4 is 0 Å². The van der Waals surface area contributed by atoms with E-state index in [1.807, 2.05) is 13.8 Å². The zero-order chi connectivity index (χ0) is 11.5. The summed E-state index contributed by atoms with van der Waals surface area (Å²) in [6, 6.07) is 0. The van der Waals surface area contributed by atoms with Crippen molar-refractivity contribution in [3.63, 3.8) is 0 Å². The van der Waals surface area contributed by atoms with Crippen LogP contribution in [-0.4, -0.2) is 24.7 Å². The fraction of sp³-hybridized carbons (Fsp3) is 0.900. The number of hydrogen-bond acceptors (Lipinski definition) is 3. The molecule has 0 radical (unpaired) electrons. The summed E-state index contributed by atoms with van der Waals surface area (Å²) in [6.07, 6.45) is 0.283. The summed E-state index contributed by atoms with van der Waals surface area (Å²) in [7, 11) is -3.30. The molecule has 0 heterocycles. The molecule has 14 heavy (non-hydrogen) atoms. The van der Waals surface area contributed by atoms with Crippen LogP contribution in [0.4, 0.5) is 0 Å². The first-order valence-electron chi connectivity index (χ1n) is 5.00. The van der Waals surface area contributed by atoms with Gasteiger partial charge in [0.05, 0.1) is 5.25 Å². The predicted molar refractivity (Wildman–Crippen MR) is 58.0 cm³/mol. The van der Waals surface area contributed by atoms with Crippen molar-refractivity contribution in [2.24, 2.45) is 5.92 Å². The number of carbonyl (C=O) groups excluding carboxylic acids is 1. The molecule has 0 saturated carbocycles. The highest BCUT2D eigenvalue weighted by Crippen LogP contribution is 2.18. The minimum absolute atomic E-state index is 0.0482. The van der Waals surface area contributed by atoms with E-state index in [4.69, 9.17) is 0 Å². The van der Waals surface area contributed by atoms with E-state index < -0.39 is 20.3 Å². The highest BCUT2D eigenvalue weighted by atomic mass is 32.2. The normalized spacial score (nSPS) is 16.7. The molecule has 0 N–H and O–H groups in total. The Balaban J connectivity index is 4.88. The number of rotatable bonds is 5. The van der Waals surface area contributed by atoms with Crippen LogP contribution in [0.5, 0.6) is 0 Å². The molecule has 0 rings (SSSR count). The standard InChI is InChI=1S/C10H20O3S/c1-6-10(11)9(5)14(12,13)8(4)7(2)3/h7-9H,6H2,1-5H3. The van der Waals surface area contributed by atoms with Crippen molar-refractivity contribution in [3.05, 3.63) is 0 Å². The third-order valence-electron chi connectivity index (χ3n) is 2.75. The number of carbonyl (C=O) groups is 1. The summed E-state index contributed by atoms with van der Waals surface area (Å²) < 4.78 is 23.7. The molecule has 0 amide bonds. The summed E-state index contributed by atoms with van der Waals surface area (Å²) in [5.41, 5.74) is 0. The molecule has 2 atom stereocenters. The maximum Gasteiger partial charge on any atom is 0.162 e. The second-order valence-electron chi connectivity index (χ2n) is 4.00. The lowest BCUT2D eigenvalue weighted by Gasteiger charge is -2.20. The Kier molecular flexibility index (Phi) is 4.78. The van der Waals surface area contributed by atoms with E-state index in [-0.39, 0.29) is 18.1 Å². The van der Waals surface area contributed by atoms with Gasteiger partial charge in [-0.1, -0.05) is 20.8 Å². The van der Waals surface area contributed by atoms with Gasteiger partial charge in [-0.3, -0.25) is 4.79 Å². The largest absolute Gasteiger partial charge is 0.298 e. The summed E-state index contributed by atoms with van der Waals surface area (Å²) in [5.74, 6) is -0.149. The van der Waals surface area contributed by atoms with Crippen LogP contribution in [0.1, 0.15) is 41.0 Å². The van der Waals surface area contributed by atoms with E-state index in [9.17, 15) is 13.2 Å². The van der Waals surface area contributed by atoms with Crippen LogP contribution in [0.25, 0.3) is 0 Å². The molecule has 0 bridgehead atoms. The lowest BCUT2D eigenvalue weighted by Crippen LogP contribution is -2.36. The second-order valence-corrected chi connectivity index (χ2v) is 6.63. The van der Waals surface area contributed by atoms with Crippen LogP contribution in [0.2, 0.25) is 0 Å². The van der Waals surface area contributed by atoms with Crippen LogP contribution in [0.15, 0.2) is 0 Å². The van der Waals surface area contributed by atoms with Gasteiger partial charge in [0.15, 0.2) is 9.84 Å². The summed E-state index contributed by atoms with van der Waals surface area (Å²) in [5, 5.41) is -1.31. The quantitative estimate of drug-likeness (QED) is 0.710. The van der Waals surface area contributed by atoms with Crippen molar-refractivity contribution in [2.75, 3.05) is 0 Å². The van der Waals surface area contributed by atoms with E-state index in [0.717, 1.165) is 0 Å². The highest BCUT2D eigenvalue weighted by molar-refractivity contribution is 7.93. The molecule has 0 aliphatic rings. The van der Waals surface area contributed by atoms with E-state index in [2.05, 4.69) is 0 Å². The van der Waals surface area contributed by atoms with Crippen molar-refractivity contribution in [3.8, 4) is 0 Å². The Bertz CT molecular complexity index is 290. The Morgan fingerprint density at radius 1 is 1.14 bits per heavy atom. The van der Waals surface area contributed by atoms with Crippen molar-refractivity contribution in [1.29, 1.82) is 0 Å². The topological polar surface area (TPSA) is 51.2 Å². The minimum atomic E-state index is -3.30. The molecule has 0 saturated heterocycles. The SMILES string of the molecule is CCC(=O)C(C)S(=O)(=O)C(C)C(C)C. The van der Waals surface area contributed by atoms with Crippen LogP contribution in [0.3, 0.4) is 0 Å². The predicted octanol–water partition coefficient (Wildman–Crippen LogP) is 1.81. The Labute approximate surface area is 86.8 Å². The molecule has 2 unspecified atom stereocenters. The first-order chi connectivity index (χ1) is 6.25. The van der Waals surface area contributed by atoms with Gasteiger partial charge in [-0.05, 0) is 19.8 Å². The van der Waals surface area contributed by atoms with Gasteiger partial charge < -0.3 is 0 Å². The van der Waals surface area contributed by atoms with Crippen molar-refractivity contribution < 1.29 is 13.2 Å². The van der Waals surface area contributed by atoms with Gasteiger partial charge in [-0.15, -0.1) is 0 Å². The molecular weight excluding hydrogens is 200 g/mol. The second kappa shape index (κ2) is 4.91. The van der Waals surface area contributed by atoms with Gasteiger partial charge >= 0.3 is 0 Å². The molecule has 0 fully saturated rings. The Morgan fingerprint density at radius 3 is 1.86 bits per heavy atom. The van der Waals surface area contributed by atoms with Gasteiger partial charge in [0.2, 0.25) is 0 Å². The van der Waals surface area contributed by atoms with Crippen LogP contribution in [0, 0.1) is 5.92 Å². The molecule has 0 spiro atoms. The smallest absolute Gasteiger partial charge is 0.162 e. The molecule has 4 heteroatoms. The third kappa shape index (κ3) is 2.80. The summed E-state index contributed by atoms with van der Waals surface area (Å²) in [6.45, 7) is 8.55. The lowest BCUT2D eigenvalue weighted by atomic mass is 10.2. The molecule has 0 aromatic heterocycles. The Morgan fingerprint density at radius 2 is 1.57 bits per heavy atom. The zero-order valence-corrected chi connectivity index (χ0v) is 10.4. The molecule has 0 aliphatic heterocycles. The number of sulfone groups is 1. The van der Waals surface area contributed by atoms with Crippen LogP contribution >= 0.6 is 0 Å². The minimum Gasteiger partial charge on any atom is -0.298 e. The average Bonchev–Trinajstić information content (AvgIpc) is 2.13. The van der Waals surface area contributed by atoms with Gasteiger partial charge in [0.25, 0.3) is 0 Å². The number of Topliss-reactive ketones (excluding diaryl/α,β-unsaturated/α-hetero) is 1. The number of ketones is 1.